The van der Waals surface area contributed by atoms with Crippen molar-refractivity contribution in [3.63, 3.8) is 0 Å². The zero-order valence-corrected chi connectivity index (χ0v) is 9.53. The number of nitrogens with one attached hydrogen (secondary N) is 2. The number of thiocarbonyl (C=S) groups is 1. The molecule has 1 aromatic heterocycles. The molecule has 1 saturated carbocycles. The molecule has 0 aliphatic heterocycles. The largest absolute Gasteiger partial charge is 0.433 e. The molecule has 3 nitrogen and oxygen atoms in total. The third-order valence-corrected chi connectivity index (χ3v) is 2.44. The van der Waals surface area contributed by atoms with Gasteiger partial charge in [0.1, 0.15) is 5.69 Å². The number of nitrogens with zero attached hydrogens (tertiary/aromatic N) is 1. The van der Waals surface area contributed by atoms with Gasteiger partial charge < -0.3 is 10.6 Å². The first-order valence-corrected chi connectivity index (χ1v) is 5.47. The van der Waals surface area contributed by atoms with Gasteiger partial charge in [-0.15, -0.1) is 0 Å². The van der Waals surface area contributed by atoms with Crippen LogP contribution in [-0.4, -0.2) is 16.1 Å². The predicted octanol–water partition coefficient (Wildman–Crippen LogP) is 2.55. The predicted molar refractivity (Wildman–Crippen MR) is 61.6 cm³/mol. The minimum Gasteiger partial charge on any atom is -0.360 e. The van der Waals surface area contributed by atoms with Crippen LogP contribution in [0.4, 0.5) is 18.9 Å². The lowest BCUT2D eigenvalue weighted by atomic mass is 10.3. The van der Waals surface area contributed by atoms with Gasteiger partial charge in [-0.25, -0.2) is 4.98 Å². The summed E-state index contributed by atoms with van der Waals surface area (Å²) in [6.07, 6.45) is -1.14. The third kappa shape index (κ3) is 3.55. The van der Waals surface area contributed by atoms with Gasteiger partial charge in [0.05, 0.1) is 11.9 Å². The van der Waals surface area contributed by atoms with Gasteiger partial charge >= 0.3 is 6.18 Å². The second-order valence-electron chi connectivity index (χ2n) is 3.80. The van der Waals surface area contributed by atoms with E-state index >= 15 is 0 Å². The van der Waals surface area contributed by atoms with E-state index in [2.05, 4.69) is 15.6 Å². The first-order valence-electron chi connectivity index (χ1n) is 5.06. The Kier molecular flexibility index (Phi) is 3.19. The van der Waals surface area contributed by atoms with E-state index in [0.29, 0.717) is 16.8 Å². The Hall–Kier alpha value is -1.37. The molecule has 1 aromatic rings. The highest BCUT2D eigenvalue weighted by atomic mass is 32.1. The molecule has 1 aliphatic carbocycles. The fourth-order valence-corrected chi connectivity index (χ4v) is 1.50. The Labute approximate surface area is 101 Å². The SMILES string of the molecule is FC(F)(F)c1ccc(NC(=S)NC2CC2)cn1. The number of hydrogen-bond donors (Lipinski definition) is 2. The fraction of sp³-hybridized carbons (Fsp3) is 0.400. The maximum Gasteiger partial charge on any atom is 0.433 e. The molecule has 0 aromatic carbocycles. The lowest BCUT2D eigenvalue weighted by Gasteiger charge is -2.10. The monoisotopic (exact) mass is 261 g/mol. The summed E-state index contributed by atoms with van der Waals surface area (Å²) in [4.78, 5) is 3.32. The second-order valence-corrected chi connectivity index (χ2v) is 4.21. The molecule has 0 bridgehead atoms. The maximum absolute atomic E-state index is 12.2. The molecule has 17 heavy (non-hydrogen) atoms. The Morgan fingerprint density at radius 3 is 2.53 bits per heavy atom. The van der Waals surface area contributed by atoms with Crippen LogP contribution in [0.25, 0.3) is 0 Å². The van der Waals surface area contributed by atoms with Gasteiger partial charge in [-0.1, -0.05) is 0 Å². The van der Waals surface area contributed by atoms with E-state index in [1.807, 2.05) is 0 Å². The number of aromatic nitrogens is 1. The number of rotatable bonds is 2. The molecule has 0 unspecified atom stereocenters. The van der Waals surface area contributed by atoms with E-state index < -0.39 is 11.9 Å². The molecule has 0 radical (unpaired) electrons. The van der Waals surface area contributed by atoms with Crippen LogP contribution < -0.4 is 10.6 Å². The molecule has 92 valence electrons. The minimum atomic E-state index is -4.41. The zero-order chi connectivity index (χ0) is 12.5. The van der Waals surface area contributed by atoms with Crippen LogP contribution in [0.1, 0.15) is 18.5 Å². The van der Waals surface area contributed by atoms with Gasteiger partial charge in [-0.2, -0.15) is 13.2 Å². The summed E-state index contributed by atoms with van der Waals surface area (Å²) in [5.74, 6) is 0. The van der Waals surface area contributed by atoms with E-state index in [1.54, 1.807) is 0 Å². The van der Waals surface area contributed by atoms with Crippen LogP contribution in [0.3, 0.4) is 0 Å². The van der Waals surface area contributed by atoms with Gasteiger partial charge in [0, 0.05) is 6.04 Å². The molecular weight excluding hydrogens is 251 g/mol. The first-order chi connectivity index (χ1) is 7.95. The Morgan fingerprint density at radius 1 is 1.35 bits per heavy atom. The van der Waals surface area contributed by atoms with E-state index in [0.717, 1.165) is 25.1 Å². The Bertz CT molecular complexity index is 412. The van der Waals surface area contributed by atoms with E-state index in [4.69, 9.17) is 12.2 Å². The second kappa shape index (κ2) is 4.48. The highest BCUT2D eigenvalue weighted by molar-refractivity contribution is 7.80. The Morgan fingerprint density at radius 2 is 2.06 bits per heavy atom. The number of alkyl halides is 3. The van der Waals surface area contributed by atoms with Crippen molar-refractivity contribution >= 4 is 23.0 Å². The number of anilines is 1. The summed E-state index contributed by atoms with van der Waals surface area (Å²) in [6, 6.07) is 2.62. The van der Waals surface area contributed by atoms with Gasteiger partial charge in [-0.3, -0.25) is 0 Å². The summed E-state index contributed by atoms with van der Waals surface area (Å²) < 4.78 is 36.7. The van der Waals surface area contributed by atoms with Crippen molar-refractivity contribution in [1.82, 2.24) is 10.3 Å². The van der Waals surface area contributed by atoms with Crippen molar-refractivity contribution in [3.05, 3.63) is 24.0 Å². The van der Waals surface area contributed by atoms with Gasteiger partial charge in [0.25, 0.3) is 0 Å². The topological polar surface area (TPSA) is 37.0 Å². The van der Waals surface area contributed by atoms with Gasteiger partial charge in [-0.05, 0) is 37.2 Å². The maximum atomic E-state index is 12.2. The average molecular weight is 261 g/mol. The number of pyridine rings is 1. The summed E-state index contributed by atoms with van der Waals surface area (Å²) in [5, 5.41) is 6.21. The van der Waals surface area contributed by atoms with Crippen LogP contribution in [-0.2, 0) is 6.18 Å². The molecule has 2 rings (SSSR count). The molecule has 0 amide bonds. The van der Waals surface area contributed by atoms with Gasteiger partial charge in [0.2, 0.25) is 0 Å². The molecule has 0 atom stereocenters. The third-order valence-electron chi connectivity index (χ3n) is 2.22. The summed E-state index contributed by atoms with van der Waals surface area (Å²) >= 11 is 4.99. The standard InChI is InChI=1S/C10H10F3N3S/c11-10(12,13)8-4-3-7(5-14-8)16-9(17)15-6-1-2-6/h3-6H,1-2H2,(H2,15,16,17). The van der Waals surface area contributed by atoms with Crippen LogP contribution in [0.5, 0.6) is 0 Å². The fourth-order valence-electron chi connectivity index (χ4n) is 1.22. The molecule has 7 heteroatoms. The van der Waals surface area contributed by atoms with Crippen LogP contribution >= 0.6 is 12.2 Å². The minimum absolute atomic E-state index is 0.400. The van der Waals surface area contributed by atoms with E-state index in [-0.39, 0.29) is 0 Å². The van der Waals surface area contributed by atoms with E-state index in [1.165, 1.54) is 6.07 Å². The summed E-state index contributed by atoms with van der Waals surface area (Å²) in [7, 11) is 0. The van der Waals surface area contributed by atoms with Crippen molar-refractivity contribution < 1.29 is 13.2 Å². The van der Waals surface area contributed by atoms with Crippen LogP contribution in [0.2, 0.25) is 0 Å². The highest BCUT2D eigenvalue weighted by Gasteiger charge is 2.32. The molecule has 1 aliphatic rings. The lowest BCUT2D eigenvalue weighted by Crippen LogP contribution is -2.30. The smallest absolute Gasteiger partial charge is 0.360 e. The van der Waals surface area contributed by atoms with Crippen molar-refractivity contribution in [1.29, 1.82) is 0 Å². The van der Waals surface area contributed by atoms with Crippen molar-refractivity contribution in [2.75, 3.05) is 5.32 Å². The van der Waals surface area contributed by atoms with Crippen molar-refractivity contribution in [2.24, 2.45) is 0 Å². The molecule has 0 spiro atoms. The normalized spacial score (nSPS) is 15.5. The van der Waals surface area contributed by atoms with Crippen LogP contribution in [0.15, 0.2) is 18.3 Å². The zero-order valence-electron chi connectivity index (χ0n) is 8.71. The molecular formula is C10H10F3N3S. The lowest BCUT2D eigenvalue weighted by molar-refractivity contribution is -0.141. The van der Waals surface area contributed by atoms with Crippen LogP contribution in [0, 0.1) is 0 Å². The molecule has 1 fully saturated rings. The first kappa shape index (κ1) is 12.1. The van der Waals surface area contributed by atoms with Crippen molar-refractivity contribution in [3.8, 4) is 0 Å². The highest BCUT2D eigenvalue weighted by Crippen LogP contribution is 2.27. The molecule has 1 heterocycles. The molecule has 0 saturated heterocycles. The molecule has 2 N–H and O–H groups in total. The average Bonchev–Trinajstić information content (AvgIpc) is 3.01. The van der Waals surface area contributed by atoms with Crippen molar-refractivity contribution in [2.45, 2.75) is 25.1 Å². The quantitative estimate of drug-likeness (QED) is 0.802. The van der Waals surface area contributed by atoms with Gasteiger partial charge in [0.15, 0.2) is 5.11 Å². The number of hydrogen-bond acceptors (Lipinski definition) is 2. The number of halogens is 3. The van der Waals surface area contributed by atoms with E-state index in [9.17, 15) is 13.2 Å². The summed E-state index contributed by atoms with van der Waals surface area (Å²) in [5.41, 5.74) is -0.472. The Balaban J connectivity index is 1.95. The summed E-state index contributed by atoms with van der Waals surface area (Å²) in [6.45, 7) is 0.